The molecule has 2 aromatic carbocycles. The summed E-state index contributed by atoms with van der Waals surface area (Å²) in [6.45, 7) is 2.52. The summed E-state index contributed by atoms with van der Waals surface area (Å²) in [5.41, 5.74) is 2.03. The molecular weight excluding hydrogens is 210 g/mol. The molecule has 0 spiro atoms. The Bertz CT molecular complexity index is 558. The molecule has 0 amide bonds. The number of nitrogens with zero attached hydrogens (tertiary/aromatic N) is 1. The Balaban J connectivity index is 2.55. The molecule has 0 N–H and O–H groups in total. The third-order valence-electron chi connectivity index (χ3n) is 2.90. The summed E-state index contributed by atoms with van der Waals surface area (Å²) in [4.78, 5) is 14.0. The molecule has 0 bridgehead atoms. The molecule has 2 rings (SSSR count). The van der Waals surface area contributed by atoms with Crippen molar-refractivity contribution in [3.63, 3.8) is 0 Å². The minimum Gasteiger partial charge on any atom is -0.302 e. The lowest BCUT2D eigenvalue weighted by Crippen LogP contribution is -2.21. The van der Waals surface area contributed by atoms with Gasteiger partial charge in [-0.05, 0) is 37.4 Å². The highest BCUT2D eigenvalue weighted by molar-refractivity contribution is 6.09. The van der Waals surface area contributed by atoms with Gasteiger partial charge in [0.05, 0.1) is 6.54 Å². The van der Waals surface area contributed by atoms with Crippen molar-refractivity contribution in [2.75, 3.05) is 20.6 Å². The zero-order chi connectivity index (χ0) is 12.4. The van der Waals surface area contributed by atoms with Crippen LogP contribution in [-0.2, 0) is 0 Å². The summed E-state index contributed by atoms with van der Waals surface area (Å²) in [5.74, 6) is 0.172. The highest BCUT2D eigenvalue weighted by atomic mass is 16.1. The number of benzene rings is 2. The fourth-order valence-corrected chi connectivity index (χ4v) is 2.07. The van der Waals surface area contributed by atoms with Gasteiger partial charge < -0.3 is 4.90 Å². The van der Waals surface area contributed by atoms with Crippen molar-refractivity contribution >= 4 is 16.6 Å². The zero-order valence-corrected chi connectivity index (χ0v) is 10.5. The van der Waals surface area contributed by atoms with Gasteiger partial charge in [0.15, 0.2) is 5.78 Å². The minimum atomic E-state index is 0.172. The number of hydrogen-bond donors (Lipinski definition) is 0. The standard InChI is InChI=1S/C15H17NO/c1-11-8-9-14(15(17)10-16(2)3)13-7-5-4-6-12(11)13/h4-9H,10H2,1-3H3. The number of hydrogen-bond acceptors (Lipinski definition) is 2. The Labute approximate surface area is 102 Å². The predicted molar refractivity (Wildman–Crippen MR) is 71.6 cm³/mol. The molecule has 0 aliphatic carbocycles. The highest BCUT2D eigenvalue weighted by Crippen LogP contribution is 2.22. The van der Waals surface area contributed by atoms with Crippen LogP contribution in [0.2, 0.25) is 0 Å². The second kappa shape index (κ2) is 4.68. The monoisotopic (exact) mass is 227 g/mol. The summed E-state index contributed by atoms with van der Waals surface area (Å²) in [6, 6.07) is 12.0. The smallest absolute Gasteiger partial charge is 0.177 e. The topological polar surface area (TPSA) is 20.3 Å². The van der Waals surface area contributed by atoms with Gasteiger partial charge in [-0.2, -0.15) is 0 Å². The van der Waals surface area contributed by atoms with Gasteiger partial charge in [-0.25, -0.2) is 0 Å². The third-order valence-corrected chi connectivity index (χ3v) is 2.90. The first kappa shape index (κ1) is 11.8. The molecule has 0 saturated heterocycles. The molecule has 17 heavy (non-hydrogen) atoms. The maximum absolute atomic E-state index is 12.1. The van der Waals surface area contributed by atoms with Gasteiger partial charge in [-0.1, -0.05) is 36.4 Å². The second-order valence-corrected chi connectivity index (χ2v) is 4.64. The van der Waals surface area contributed by atoms with E-state index in [9.17, 15) is 4.79 Å². The van der Waals surface area contributed by atoms with Crippen LogP contribution in [0.15, 0.2) is 36.4 Å². The molecular formula is C15H17NO. The third kappa shape index (κ3) is 2.37. The van der Waals surface area contributed by atoms with Crippen molar-refractivity contribution in [1.29, 1.82) is 0 Å². The van der Waals surface area contributed by atoms with Gasteiger partial charge in [0.25, 0.3) is 0 Å². The fraction of sp³-hybridized carbons (Fsp3) is 0.267. The maximum Gasteiger partial charge on any atom is 0.177 e. The molecule has 0 fully saturated rings. The number of aryl methyl sites for hydroxylation is 1. The maximum atomic E-state index is 12.1. The van der Waals surface area contributed by atoms with E-state index in [2.05, 4.69) is 13.0 Å². The molecule has 0 unspecified atom stereocenters. The van der Waals surface area contributed by atoms with Gasteiger partial charge in [0.2, 0.25) is 0 Å². The number of Topliss-reactive ketones (excluding diaryl/α,β-unsaturated/α-hetero) is 1. The molecule has 2 heteroatoms. The van der Waals surface area contributed by atoms with Crippen LogP contribution < -0.4 is 0 Å². The van der Waals surface area contributed by atoms with Gasteiger partial charge >= 0.3 is 0 Å². The lowest BCUT2D eigenvalue weighted by atomic mass is 9.98. The molecule has 0 radical (unpaired) electrons. The predicted octanol–water partition coefficient (Wildman–Crippen LogP) is 2.89. The summed E-state index contributed by atoms with van der Waals surface area (Å²) in [6.07, 6.45) is 0. The molecule has 0 saturated carbocycles. The molecule has 0 aliphatic heterocycles. The molecule has 2 nitrogen and oxygen atoms in total. The Hall–Kier alpha value is -1.67. The molecule has 0 aliphatic rings. The highest BCUT2D eigenvalue weighted by Gasteiger charge is 2.11. The van der Waals surface area contributed by atoms with Crippen LogP contribution in [-0.4, -0.2) is 31.3 Å². The van der Waals surface area contributed by atoms with Crippen LogP contribution in [0.3, 0.4) is 0 Å². The molecule has 0 heterocycles. The van der Waals surface area contributed by atoms with E-state index in [1.54, 1.807) is 0 Å². The Morgan fingerprint density at radius 2 is 1.71 bits per heavy atom. The molecule has 0 aromatic heterocycles. The van der Waals surface area contributed by atoms with Crippen molar-refractivity contribution in [2.45, 2.75) is 6.92 Å². The summed E-state index contributed by atoms with van der Waals surface area (Å²) >= 11 is 0. The van der Waals surface area contributed by atoms with E-state index < -0.39 is 0 Å². The van der Waals surface area contributed by atoms with Gasteiger partial charge in [-0.15, -0.1) is 0 Å². The van der Waals surface area contributed by atoms with Crippen LogP contribution in [0, 0.1) is 6.92 Å². The van der Waals surface area contributed by atoms with Gasteiger partial charge in [0, 0.05) is 5.56 Å². The number of ketones is 1. The van der Waals surface area contributed by atoms with Crippen molar-refractivity contribution < 1.29 is 4.79 Å². The van der Waals surface area contributed by atoms with E-state index >= 15 is 0 Å². The van der Waals surface area contributed by atoms with Crippen molar-refractivity contribution in [1.82, 2.24) is 4.90 Å². The van der Waals surface area contributed by atoms with Crippen LogP contribution in [0.1, 0.15) is 15.9 Å². The summed E-state index contributed by atoms with van der Waals surface area (Å²) in [7, 11) is 3.82. The van der Waals surface area contributed by atoms with Crippen LogP contribution in [0.25, 0.3) is 10.8 Å². The van der Waals surface area contributed by atoms with E-state index in [4.69, 9.17) is 0 Å². The van der Waals surface area contributed by atoms with E-state index in [0.717, 1.165) is 16.3 Å². The summed E-state index contributed by atoms with van der Waals surface area (Å²) in [5, 5.41) is 2.22. The molecule has 0 atom stereocenters. The fourth-order valence-electron chi connectivity index (χ4n) is 2.07. The van der Waals surface area contributed by atoms with Gasteiger partial charge in [0.1, 0.15) is 0 Å². The van der Waals surface area contributed by atoms with E-state index in [1.807, 2.05) is 49.3 Å². The average Bonchev–Trinajstić information content (AvgIpc) is 2.29. The Morgan fingerprint density at radius 3 is 2.35 bits per heavy atom. The zero-order valence-electron chi connectivity index (χ0n) is 10.5. The second-order valence-electron chi connectivity index (χ2n) is 4.64. The van der Waals surface area contributed by atoms with Crippen LogP contribution >= 0.6 is 0 Å². The van der Waals surface area contributed by atoms with Crippen molar-refractivity contribution in [3.05, 3.63) is 47.5 Å². The first-order valence-corrected chi connectivity index (χ1v) is 5.76. The number of likely N-dealkylation sites (N-methyl/N-ethyl adjacent to an activating group) is 1. The van der Waals surface area contributed by atoms with E-state index in [0.29, 0.717) is 6.54 Å². The number of carbonyl (C=O) groups excluding carboxylic acids is 1. The first-order valence-electron chi connectivity index (χ1n) is 5.76. The SMILES string of the molecule is Cc1ccc(C(=O)CN(C)C)c2ccccc12. The summed E-state index contributed by atoms with van der Waals surface area (Å²) < 4.78 is 0. The normalized spacial score (nSPS) is 11.1. The molecule has 88 valence electrons. The quantitative estimate of drug-likeness (QED) is 0.751. The Morgan fingerprint density at radius 1 is 1.06 bits per heavy atom. The van der Waals surface area contributed by atoms with Crippen LogP contribution in [0.5, 0.6) is 0 Å². The average molecular weight is 227 g/mol. The molecule has 2 aromatic rings. The van der Waals surface area contributed by atoms with Crippen molar-refractivity contribution in [3.8, 4) is 0 Å². The lowest BCUT2D eigenvalue weighted by molar-refractivity contribution is 0.0959. The van der Waals surface area contributed by atoms with Crippen LogP contribution in [0.4, 0.5) is 0 Å². The number of fused-ring (bicyclic) bond motifs is 1. The number of carbonyl (C=O) groups is 1. The minimum absolute atomic E-state index is 0.172. The first-order chi connectivity index (χ1) is 8.09. The van der Waals surface area contributed by atoms with E-state index in [1.165, 1.54) is 5.56 Å². The number of rotatable bonds is 3. The largest absolute Gasteiger partial charge is 0.302 e. The van der Waals surface area contributed by atoms with Gasteiger partial charge in [-0.3, -0.25) is 4.79 Å². The lowest BCUT2D eigenvalue weighted by Gasteiger charge is -2.11. The van der Waals surface area contributed by atoms with E-state index in [-0.39, 0.29) is 5.78 Å². The Kier molecular flexibility index (Phi) is 3.25. The van der Waals surface area contributed by atoms with Crippen molar-refractivity contribution in [2.24, 2.45) is 0 Å².